The van der Waals surface area contributed by atoms with Crippen LogP contribution in [-0.4, -0.2) is 35.0 Å². The van der Waals surface area contributed by atoms with E-state index in [1.165, 1.54) is 0 Å². The SMILES string of the molecule is CCc1nc2c(C)cc(C)nc2n1Cc1ccn2c(Br)c(-c3ccccc3C(=O)O)nc2c1. The number of aryl methyl sites for hydroxylation is 3. The van der Waals surface area contributed by atoms with Crippen molar-refractivity contribution in [1.82, 2.24) is 23.9 Å². The first-order valence-corrected chi connectivity index (χ1v) is 11.5. The number of carboxylic acids is 1. The molecule has 0 saturated heterocycles. The second-order valence-electron chi connectivity index (χ2n) is 8.09. The summed E-state index contributed by atoms with van der Waals surface area (Å²) in [6, 6.07) is 13.0. The van der Waals surface area contributed by atoms with Gasteiger partial charge in [-0.2, -0.15) is 0 Å². The van der Waals surface area contributed by atoms with Crippen LogP contribution in [0.1, 0.15) is 39.9 Å². The van der Waals surface area contributed by atoms with Gasteiger partial charge in [0.2, 0.25) is 0 Å². The van der Waals surface area contributed by atoms with E-state index in [-0.39, 0.29) is 5.56 Å². The largest absolute Gasteiger partial charge is 0.478 e. The normalized spacial score (nSPS) is 11.5. The van der Waals surface area contributed by atoms with Crippen LogP contribution in [0, 0.1) is 13.8 Å². The Bertz CT molecular complexity index is 1550. The molecule has 7 nitrogen and oxygen atoms in total. The van der Waals surface area contributed by atoms with Crippen molar-refractivity contribution in [2.24, 2.45) is 0 Å². The highest BCUT2D eigenvalue weighted by Crippen LogP contribution is 2.32. The van der Waals surface area contributed by atoms with Crippen LogP contribution in [0.2, 0.25) is 0 Å². The molecule has 0 fully saturated rings. The van der Waals surface area contributed by atoms with E-state index in [1.54, 1.807) is 18.2 Å². The maximum atomic E-state index is 11.7. The van der Waals surface area contributed by atoms with Gasteiger partial charge in [0.05, 0.1) is 12.1 Å². The summed E-state index contributed by atoms with van der Waals surface area (Å²) >= 11 is 3.61. The molecule has 1 N–H and O–H groups in total. The quantitative estimate of drug-likeness (QED) is 0.345. The minimum absolute atomic E-state index is 0.219. The second kappa shape index (κ2) is 8.12. The van der Waals surface area contributed by atoms with Gasteiger partial charge in [-0.25, -0.2) is 19.7 Å². The average molecular weight is 504 g/mol. The minimum atomic E-state index is -0.979. The van der Waals surface area contributed by atoms with Crippen molar-refractivity contribution in [2.45, 2.75) is 33.7 Å². The number of rotatable bonds is 5. The number of benzene rings is 1. The van der Waals surface area contributed by atoms with Crippen LogP contribution in [0.5, 0.6) is 0 Å². The average Bonchev–Trinajstić information content (AvgIpc) is 3.31. The predicted octanol–water partition coefficient (Wildman–Crippen LogP) is 5.43. The number of imidazole rings is 2. The molecule has 8 heteroatoms. The fourth-order valence-corrected chi connectivity index (χ4v) is 4.87. The third-order valence-electron chi connectivity index (χ3n) is 5.80. The van der Waals surface area contributed by atoms with Crippen molar-refractivity contribution in [3.63, 3.8) is 0 Å². The van der Waals surface area contributed by atoms with Crippen LogP contribution >= 0.6 is 15.9 Å². The number of carboxylic acid groups (broad SMARTS) is 1. The van der Waals surface area contributed by atoms with Crippen molar-refractivity contribution < 1.29 is 9.90 Å². The third-order valence-corrected chi connectivity index (χ3v) is 6.56. The zero-order chi connectivity index (χ0) is 23.3. The first-order valence-electron chi connectivity index (χ1n) is 10.7. The first kappa shape index (κ1) is 21.3. The summed E-state index contributed by atoms with van der Waals surface area (Å²) in [5, 5.41) is 9.59. The molecule has 0 aliphatic carbocycles. The summed E-state index contributed by atoms with van der Waals surface area (Å²) in [5.41, 5.74) is 7.12. The number of aromatic nitrogens is 5. The maximum absolute atomic E-state index is 11.7. The van der Waals surface area contributed by atoms with Crippen molar-refractivity contribution in [3.8, 4) is 11.3 Å². The number of halogens is 1. The molecule has 0 amide bonds. The molecule has 0 atom stereocenters. The minimum Gasteiger partial charge on any atom is -0.478 e. The highest BCUT2D eigenvalue weighted by molar-refractivity contribution is 9.10. The maximum Gasteiger partial charge on any atom is 0.336 e. The molecule has 5 aromatic rings. The van der Waals surface area contributed by atoms with Gasteiger partial charge >= 0.3 is 5.97 Å². The highest BCUT2D eigenvalue weighted by atomic mass is 79.9. The van der Waals surface area contributed by atoms with Gasteiger partial charge < -0.3 is 9.67 Å². The molecule has 0 aliphatic rings. The number of aromatic carboxylic acids is 1. The molecule has 33 heavy (non-hydrogen) atoms. The topological polar surface area (TPSA) is 85.3 Å². The van der Waals surface area contributed by atoms with E-state index >= 15 is 0 Å². The zero-order valence-corrected chi connectivity index (χ0v) is 20.1. The molecule has 0 bridgehead atoms. The molecule has 5 rings (SSSR count). The van der Waals surface area contributed by atoms with Gasteiger partial charge in [0.15, 0.2) is 5.65 Å². The lowest BCUT2D eigenvalue weighted by Crippen LogP contribution is -2.06. The molecule has 0 aliphatic heterocycles. The molecular formula is C25H22BrN5O2. The van der Waals surface area contributed by atoms with Crippen molar-refractivity contribution in [3.05, 3.63) is 81.5 Å². The Kier molecular flexibility index (Phi) is 5.25. The summed E-state index contributed by atoms with van der Waals surface area (Å²) in [6.07, 6.45) is 2.76. The van der Waals surface area contributed by atoms with Gasteiger partial charge in [-0.3, -0.25) is 4.40 Å². The van der Waals surface area contributed by atoms with Crippen LogP contribution in [0.15, 0.2) is 53.3 Å². The lowest BCUT2D eigenvalue weighted by Gasteiger charge is -2.09. The zero-order valence-electron chi connectivity index (χ0n) is 18.5. The van der Waals surface area contributed by atoms with Crippen LogP contribution in [0.3, 0.4) is 0 Å². The summed E-state index contributed by atoms with van der Waals surface area (Å²) in [4.78, 5) is 26.1. The Balaban J connectivity index is 1.61. The molecule has 0 unspecified atom stereocenters. The van der Waals surface area contributed by atoms with E-state index in [2.05, 4.69) is 40.4 Å². The number of hydrogen-bond donors (Lipinski definition) is 1. The number of hydrogen-bond acceptors (Lipinski definition) is 4. The van der Waals surface area contributed by atoms with Crippen LogP contribution in [0.4, 0.5) is 0 Å². The third kappa shape index (κ3) is 3.60. The molecule has 0 spiro atoms. The van der Waals surface area contributed by atoms with E-state index in [0.717, 1.165) is 45.9 Å². The molecule has 4 heterocycles. The standard InChI is InChI=1S/C25H22BrN5O2/c1-4-19-28-21-14(2)11-15(3)27-24(21)31(19)13-16-9-10-30-20(12-16)29-22(23(30)26)17-7-5-6-8-18(17)25(32)33/h5-12H,4,13H2,1-3H3,(H,32,33). The monoisotopic (exact) mass is 503 g/mol. The number of pyridine rings is 2. The Morgan fingerprint density at radius 2 is 1.88 bits per heavy atom. The molecule has 166 valence electrons. The summed E-state index contributed by atoms with van der Waals surface area (Å²) in [5.74, 6) is 0.0130. The lowest BCUT2D eigenvalue weighted by atomic mass is 10.1. The van der Waals surface area contributed by atoms with Crippen LogP contribution < -0.4 is 0 Å². The van der Waals surface area contributed by atoms with Crippen LogP contribution in [-0.2, 0) is 13.0 Å². The Morgan fingerprint density at radius 1 is 1.09 bits per heavy atom. The molecule has 1 aromatic carbocycles. The molecule has 4 aromatic heterocycles. The highest BCUT2D eigenvalue weighted by Gasteiger charge is 2.19. The van der Waals surface area contributed by atoms with Gasteiger partial charge in [-0.15, -0.1) is 0 Å². The predicted molar refractivity (Wildman–Crippen MR) is 131 cm³/mol. The van der Waals surface area contributed by atoms with Crippen molar-refractivity contribution in [2.75, 3.05) is 0 Å². The van der Waals surface area contributed by atoms with E-state index in [1.807, 2.05) is 35.7 Å². The summed E-state index contributed by atoms with van der Waals surface area (Å²) in [6.45, 7) is 6.79. The second-order valence-corrected chi connectivity index (χ2v) is 8.84. The molecular weight excluding hydrogens is 482 g/mol. The van der Waals surface area contributed by atoms with Gasteiger partial charge in [0.25, 0.3) is 0 Å². The lowest BCUT2D eigenvalue weighted by molar-refractivity contribution is 0.0697. The van der Waals surface area contributed by atoms with Gasteiger partial charge in [0, 0.05) is 23.9 Å². The summed E-state index contributed by atoms with van der Waals surface area (Å²) < 4.78 is 4.80. The van der Waals surface area contributed by atoms with Gasteiger partial charge in [-0.05, 0) is 65.2 Å². The van der Waals surface area contributed by atoms with Crippen molar-refractivity contribution in [1.29, 1.82) is 0 Å². The van der Waals surface area contributed by atoms with E-state index in [9.17, 15) is 9.90 Å². The number of fused-ring (bicyclic) bond motifs is 2. The fraction of sp³-hybridized carbons (Fsp3) is 0.200. The summed E-state index contributed by atoms with van der Waals surface area (Å²) in [7, 11) is 0. The first-order chi connectivity index (χ1) is 15.9. The Labute approximate surface area is 198 Å². The van der Waals surface area contributed by atoms with E-state index in [4.69, 9.17) is 15.0 Å². The number of carbonyl (C=O) groups is 1. The van der Waals surface area contributed by atoms with Crippen molar-refractivity contribution >= 4 is 38.7 Å². The molecule has 0 radical (unpaired) electrons. The van der Waals surface area contributed by atoms with Gasteiger partial charge in [-0.1, -0.05) is 25.1 Å². The fourth-order valence-electron chi connectivity index (χ4n) is 4.27. The number of nitrogens with zero attached hydrogens (tertiary/aromatic N) is 5. The van der Waals surface area contributed by atoms with Crippen LogP contribution in [0.25, 0.3) is 28.1 Å². The Morgan fingerprint density at radius 3 is 2.64 bits per heavy atom. The Hall–Kier alpha value is -3.52. The molecule has 0 saturated carbocycles. The van der Waals surface area contributed by atoms with E-state index in [0.29, 0.717) is 22.4 Å². The van der Waals surface area contributed by atoms with Gasteiger partial charge in [0.1, 0.15) is 27.3 Å². The van der Waals surface area contributed by atoms with E-state index < -0.39 is 5.97 Å². The smallest absolute Gasteiger partial charge is 0.336 e.